The Balaban J connectivity index is -0.0000000512. The van der Waals surface area contributed by atoms with Crippen LogP contribution in [-0.2, 0) is 9.59 Å². The van der Waals surface area contributed by atoms with Crippen LogP contribution >= 0.6 is 0 Å². The van der Waals surface area contributed by atoms with E-state index in [1.807, 2.05) is 0 Å². The van der Waals surface area contributed by atoms with Crippen LogP contribution in [-0.4, -0.2) is 32.5 Å². The molecule has 0 saturated carbocycles. The first kappa shape index (κ1) is 23.0. The van der Waals surface area contributed by atoms with E-state index in [2.05, 4.69) is 0 Å². The van der Waals surface area contributed by atoms with Crippen molar-refractivity contribution in [1.82, 2.24) is 0 Å². The van der Waals surface area contributed by atoms with Gasteiger partial charge in [0.2, 0.25) is 0 Å². The summed E-state index contributed by atoms with van der Waals surface area (Å²) in [6, 6.07) is 0. The van der Waals surface area contributed by atoms with Crippen LogP contribution in [0.25, 0.3) is 0 Å². The van der Waals surface area contributed by atoms with Crippen molar-refractivity contribution in [2.75, 3.05) is 0 Å². The fraction of sp³-hybridized carbons (Fsp3) is 0. The summed E-state index contributed by atoms with van der Waals surface area (Å²) in [7, 11) is 0. The Labute approximate surface area is 112 Å². The van der Waals surface area contributed by atoms with E-state index in [9.17, 15) is 0 Å². The largest absolute Gasteiger partial charge is 1.00 e. The van der Waals surface area contributed by atoms with Gasteiger partial charge in [0, 0.05) is 0 Å². The molecule has 0 aliphatic rings. The first-order chi connectivity index (χ1) is 5.37. The molecule has 0 atom stereocenters. The van der Waals surface area contributed by atoms with Crippen LogP contribution in [0.1, 0.15) is 0 Å². The molecule has 0 radical (unpaired) electrons. The first-order valence-corrected chi connectivity index (χ1v) is 1.82. The number of carboxylic acid groups (broad SMARTS) is 2. The zero-order valence-electron chi connectivity index (χ0n) is 6.21. The molecule has 9 nitrogen and oxygen atoms in total. The van der Waals surface area contributed by atoms with Gasteiger partial charge in [-0.15, -0.1) is 0 Å². The Morgan fingerprint density at radius 3 is 1.15 bits per heavy atom. The SMILES string of the molecule is O=C(O)C(=O)O.O=[N+]([O-])[O-].OF.[K+]. The van der Waals surface area contributed by atoms with Gasteiger partial charge >= 0.3 is 63.3 Å². The molecule has 0 spiro atoms. The Hall–Kier alpha value is -0.334. The molecule has 0 heterocycles. The zero-order chi connectivity index (χ0) is 10.7. The molecular formula is C2H3FKNO8. The van der Waals surface area contributed by atoms with Crippen molar-refractivity contribution in [2.24, 2.45) is 0 Å². The van der Waals surface area contributed by atoms with Crippen molar-refractivity contribution < 1.29 is 86.1 Å². The Morgan fingerprint density at radius 1 is 1.08 bits per heavy atom. The van der Waals surface area contributed by atoms with Gasteiger partial charge in [0.05, 0.1) is 5.09 Å². The van der Waals surface area contributed by atoms with Crippen LogP contribution in [0.5, 0.6) is 0 Å². The molecule has 11 heteroatoms. The Bertz CT molecular complexity index is 144. The smallest absolute Gasteiger partial charge is 0.473 e. The van der Waals surface area contributed by atoms with E-state index in [4.69, 9.17) is 45.0 Å². The van der Waals surface area contributed by atoms with E-state index in [0.717, 1.165) is 0 Å². The van der Waals surface area contributed by atoms with Gasteiger partial charge in [-0.1, -0.05) is 4.53 Å². The summed E-state index contributed by atoms with van der Waals surface area (Å²) >= 11 is 0. The summed E-state index contributed by atoms with van der Waals surface area (Å²) in [4.78, 5) is 26.4. The maximum Gasteiger partial charge on any atom is 1.00 e. The third kappa shape index (κ3) is 81.1. The number of halogens is 1. The molecule has 0 aliphatic carbocycles. The van der Waals surface area contributed by atoms with E-state index in [1.165, 1.54) is 0 Å². The summed E-state index contributed by atoms with van der Waals surface area (Å²) in [5.41, 5.74) is 0. The second-order valence-corrected chi connectivity index (χ2v) is 0.834. The average molecular weight is 227 g/mol. The van der Waals surface area contributed by atoms with Gasteiger partial charge in [-0.25, -0.2) is 14.9 Å². The molecule has 0 amide bonds. The van der Waals surface area contributed by atoms with Crippen LogP contribution in [0, 0.1) is 15.3 Å². The molecule has 0 rings (SSSR count). The predicted octanol–water partition coefficient (Wildman–Crippen LogP) is -4.22. The predicted molar refractivity (Wildman–Crippen MR) is 29.0 cm³/mol. The minimum absolute atomic E-state index is 0. The number of rotatable bonds is 0. The second-order valence-electron chi connectivity index (χ2n) is 0.834. The molecule has 0 aromatic carbocycles. The fourth-order valence-corrected chi connectivity index (χ4v) is 0. The fourth-order valence-electron chi connectivity index (χ4n) is 0. The number of carboxylic acids is 2. The standard InChI is InChI=1S/C2H2O4.FHO.K.NO3/c3-1(4)2(5)6;1-2;;2-1(3)4/h(H,3,4)(H,5,6);2H;;/q;;+1;-1. The molecule has 13 heavy (non-hydrogen) atoms. The zero-order valence-corrected chi connectivity index (χ0v) is 9.33. The second kappa shape index (κ2) is 17.7. The van der Waals surface area contributed by atoms with Crippen LogP contribution in [0.4, 0.5) is 4.53 Å². The molecule has 0 fully saturated rings. The van der Waals surface area contributed by atoms with Crippen molar-refractivity contribution >= 4 is 11.9 Å². The van der Waals surface area contributed by atoms with Crippen molar-refractivity contribution in [3.63, 3.8) is 0 Å². The maximum absolute atomic E-state index is 9.10. The van der Waals surface area contributed by atoms with E-state index in [0.29, 0.717) is 0 Å². The Kier molecular flexibility index (Phi) is 31.2. The summed E-state index contributed by atoms with van der Waals surface area (Å²) < 4.78 is 8.50. The van der Waals surface area contributed by atoms with Crippen LogP contribution < -0.4 is 51.4 Å². The number of hydrogen-bond donors (Lipinski definition) is 3. The summed E-state index contributed by atoms with van der Waals surface area (Å²) in [5, 5.41) is 35.0. The van der Waals surface area contributed by atoms with Gasteiger partial charge in [-0.2, -0.15) is 0 Å². The third-order valence-electron chi connectivity index (χ3n) is 0.183. The first-order valence-electron chi connectivity index (χ1n) is 1.82. The number of aliphatic carboxylic acids is 2. The van der Waals surface area contributed by atoms with Gasteiger partial charge in [-0.3, -0.25) is 0 Å². The van der Waals surface area contributed by atoms with Crippen molar-refractivity contribution in [3.05, 3.63) is 15.3 Å². The normalized spacial score (nSPS) is 5.69. The van der Waals surface area contributed by atoms with E-state index >= 15 is 0 Å². The molecule has 0 saturated heterocycles. The van der Waals surface area contributed by atoms with E-state index in [1.54, 1.807) is 0 Å². The molecule has 0 unspecified atom stereocenters. The monoisotopic (exact) mass is 227 g/mol. The summed E-state index contributed by atoms with van der Waals surface area (Å²) in [6.07, 6.45) is 0. The molecule has 0 aromatic rings. The van der Waals surface area contributed by atoms with Gasteiger partial charge < -0.3 is 25.5 Å². The Morgan fingerprint density at radius 2 is 1.15 bits per heavy atom. The third-order valence-corrected chi connectivity index (χ3v) is 0.183. The average Bonchev–Trinajstić information content (AvgIpc) is 1.90. The quantitative estimate of drug-likeness (QED) is 0.162. The molecule has 0 bridgehead atoms. The molecule has 0 aromatic heterocycles. The molecule has 3 N–H and O–H groups in total. The van der Waals surface area contributed by atoms with Gasteiger partial charge in [0.1, 0.15) is 0 Å². The number of carbonyl (C=O) groups is 2. The topological polar surface area (TPSA) is 161 Å². The van der Waals surface area contributed by atoms with Crippen LogP contribution in [0.2, 0.25) is 0 Å². The van der Waals surface area contributed by atoms with Gasteiger partial charge in [-0.05, 0) is 0 Å². The van der Waals surface area contributed by atoms with Crippen molar-refractivity contribution in [3.8, 4) is 0 Å². The van der Waals surface area contributed by atoms with Gasteiger partial charge in [0.15, 0.2) is 0 Å². The summed E-state index contributed by atoms with van der Waals surface area (Å²) in [6.45, 7) is 0. The molecule has 72 valence electrons. The van der Waals surface area contributed by atoms with Crippen LogP contribution in [0.3, 0.4) is 0 Å². The van der Waals surface area contributed by atoms with Crippen molar-refractivity contribution in [1.29, 1.82) is 0 Å². The van der Waals surface area contributed by atoms with Crippen molar-refractivity contribution in [2.45, 2.75) is 0 Å². The van der Waals surface area contributed by atoms with E-state index < -0.39 is 17.0 Å². The molecular weight excluding hydrogens is 224 g/mol. The van der Waals surface area contributed by atoms with Gasteiger partial charge in [0.25, 0.3) is 0 Å². The van der Waals surface area contributed by atoms with E-state index in [-0.39, 0.29) is 51.4 Å². The number of nitrogens with zero attached hydrogens (tertiary/aromatic N) is 1. The van der Waals surface area contributed by atoms with Crippen LogP contribution in [0.15, 0.2) is 0 Å². The minimum Gasteiger partial charge on any atom is -0.473 e. The number of hydrogen-bond acceptors (Lipinski definition) is 6. The molecule has 0 aliphatic heterocycles. The summed E-state index contributed by atoms with van der Waals surface area (Å²) in [5.74, 6) is -3.65. The maximum atomic E-state index is 9.10. The minimum atomic E-state index is -1.82.